The minimum absolute atomic E-state index is 0.0995. The highest BCUT2D eigenvalue weighted by Crippen LogP contribution is 2.07. The van der Waals surface area contributed by atoms with Crippen molar-refractivity contribution in [1.29, 1.82) is 0 Å². The van der Waals surface area contributed by atoms with Gasteiger partial charge in [-0.15, -0.1) is 0 Å². The van der Waals surface area contributed by atoms with Gasteiger partial charge in [-0.1, -0.05) is 24.3 Å². The van der Waals surface area contributed by atoms with Crippen LogP contribution in [-0.2, 0) is 20.0 Å². The number of hydrogen-bond donors (Lipinski definition) is 0. The molecule has 0 atom stereocenters. The fraction of sp³-hybridized carbons (Fsp3) is 0.455. The first-order valence-corrected chi connectivity index (χ1v) is 10.0. The summed E-state index contributed by atoms with van der Waals surface area (Å²) in [5.41, 5.74) is 0.826. The number of hydrogen-bond acceptors (Lipinski definition) is 3. The lowest BCUT2D eigenvalue weighted by atomic mass is 10.2. The topological polar surface area (TPSA) is 43.4 Å². The Hall–Kier alpha value is -0.653. The molecule has 0 heterocycles. The lowest BCUT2D eigenvalue weighted by Crippen LogP contribution is -2.43. The zero-order valence-corrected chi connectivity index (χ0v) is 12.0. The summed E-state index contributed by atoms with van der Waals surface area (Å²) >= 11 is 0. The molecule has 90 valence electrons. The largest absolute Gasteiger partial charge is 0.416 e. The van der Waals surface area contributed by atoms with Crippen molar-refractivity contribution >= 4 is 23.3 Å². The summed E-state index contributed by atoms with van der Waals surface area (Å²) in [5.74, 6) is 0.0995. The summed E-state index contributed by atoms with van der Waals surface area (Å²) in [7, 11) is -3.02. The molecule has 0 bridgehead atoms. The van der Waals surface area contributed by atoms with E-state index in [1.54, 1.807) is 7.11 Å². The summed E-state index contributed by atoms with van der Waals surface area (Å²) in [5, 5.41) is 1.17. The number of sulfone groups is 1. The molecule has 0 aliphatic heterocycles. The third-order valence-corrected chi connectivity index (χ3v) is 6.19. The van der Waals surface area contributed by atoms with Gasteiger partial charge in [0.15, 0.2) is 9.84 Å². The van der Waals surface area contributed by atoms with E-state index >= 15 is 0 Å². The molecule has 0 aliphatic rings. The van der Waals surface area contributed by atoms with E-state index in [4.69, 9.17) is 4.43 Å². The molecule has 0 N–H and O–H groups in total. The smallest absolute Gasteiger partial charge is 0.217 e. The van der Waals surface area contributed by atoms with E-state index in [0.29, 0.717) is 0 Å². The highest BCUT2D eigenvalue weighted by Gasteiger charge is 2.23. The van der Waals surface area contributed by atoms with Crippen molar-refractivity contribution in [3.05, 3.63) is 29.8 Å². The Morgan fingerprint density at radius 3 is 2.06 bits per heavy atom. The molecular weight excluding hydrogens is 240 g/mol. The quantitative estimate of drug-likeness (QED) is 0.764. The van der Waals surface area contributed by atoms with Crippen LogP contribution < -0.4 is 5.19 Å². The van der Waals surface area contributed by atoms with Gasteiger partial charge in [-0.3, -0.25) is 0 Å². The average Bonchev–Trinajstić information content (AvgIpc) is 2.16. The first-order valence-electron chi connectivity index (χ1n) is 5.07. The van der Waals surface area contributed by atoms with Crippen LogP contribution in [0.2, 0.25) is 13.1 Å². The van der Waals surface area contributed by atoms with Crippen molar-refractivity contribution in [2.75, 3.05) is 13.4 Å². The van der Waals surface area contributed by atoms with Gasteiger partial charge in [0.2, 0.25) is 8.32 Å². The van der Waals surface area contributed by atoms with Gasteiger partial charge in [0, 0.05) is 13.4 Å². The van der Waals surface area contributed by atoms with Crippen molar-refractivity contribution in [3.63, 3.8) is 0 Å². The molecule has 0 fully saturated rings. The van der Waals surface area contributed by atoms with Crippen molar-refractivity contribution in [1.82, 2.24) is 0 Å². The van der Waals surface area contributed by atoms with E-state index < -0.39 is 18.2 Å². The van der Waals surface area contributed by atoms with Gasteiger partial charge >= 0.3 is 0 Å². The van der Waals surface area contributed by atoms with Crippen molar-refractivity contribution in [2.45, 2.75) is 18.8 Å². The van der Waals surface area contributed by atoms with Gasteiger partial charge in [0.1, 0.15) is 0 Å². The molecule has 0 saturated carbocycles. The molecule has 0 saturated heterocycles. The van der Waals surface area contributed by atoms with Crippen molar-refractivity contribution in [3.8, 4) is 0 Å². The van der Waals surface area contributed by atoms with Crippen molar-refractivity contribution in [2.24, 2.45) is 0 Å². The molecule has 0 aromatic heterocycles. The van der Waals surface area contributed by atoms with Crippen LogP contribution in [0, 0.1) is 0 Å². The minimum Gasteiger partial charge on any atom is -0.416 e. The molecule has 1 rings (SSSR count). The summed E-state index contributed by atoms with van der Waals surface area (Å²) in [6.45, 7) is 4.22. The second-order valence-corrected chi connectivity index (χ2v) is 10.6. The second-order valence-electron chi connectivity index (χ2n) is 4.48. The van der Waals surface area contributed by atoms with Gasteiger partial charge < -0.3 is 4.43 Å². The van der Waals surface area contributed by atoms with E-state index in [1.165, 1.54) is 11.4 Å². The zero-order valence-electron chi connectivity index (χ0n) is 10.1. The Morgan fingerprint density at radius 2 is 1.69 bits per heavy atom. The van der Waals surface area contributed by atoms with Crippen LogP contribution in [0.1, 0.15) is 5.56 Å². The fourth-order valence-electron chi connectivity index (χ4n) is 1.42. The lowest BCUT2D eigenvalue weighted by molar-refractivity contribution is 0.416. The predicted molar refractivity (Wildman–Crippen MR) is 69.1 cm³/mol. The van der Waals surface area contributed by atoms with E-state index in [1.807, 2.05) is 24.3 Å². The Bertz CT molecular complexity index is 449. The second kappa shape index (κ2) is 4.69. The van der Waals surface area contributed by atoms with Gasteiger partial charge in [-0.25, -0.2) is 8.42 Å². The Kier molecular flexibility index (Phi) is 3.93. The average molecular weight is 258 g/mol. The normalized spacial score (nSPS) is 12.8. The van der Waals surface area contributed by atoms with Gasteiger partial charge in [-0.05, 0) is 23.8 Å². The predicted octanol–water partition coefficient (Wildman–Crippen LogP) is 1.29. The van der Waals surface area contributed by atoms with Crippen molar-refractivity contribution < 1.29 is 12.8 Å². The molecule has 3 nitrogen and oxygen atoms in total. The summed E-state index contributed by atoms with van der Waals surface area (Å²) in [6, 6.07) is 7.67. The molecule has 0 radical (unpaired) electrons. The van der Waals surface area contributed by atoms with E-state index in [0.717, 1.165) is 5.56 Å². The molecule has 1 aromatic rings. The van der Waals surface area contributed by atoms with Crippen LogP contribution in [0.3, 0.4) is 0 Å². The van der Waals surface area contributed by atoms with E-state index in [-0.39, 0.29) is 5.75 Å². The SMILES string of the molecule is CO[Si](C)(C)c1ccc(CS(C)(=O)=O)cc1. The highest BCUT2D eigenvalue weighted by molar-refractivity contribution is 7.89. The zero-order chi connectivity index (χ0) is 12.4. The van der Waals surface area contributed by atoms with E-state index in [9.17, 15) is 8.42 Å². The molecule has 0 spiro atoms. The summed E-state index contributed by atoms with van der Waals surface area (Å²) < 4.78 is 27.7. The van der Waals surface area contributed by atoms with Crippen LogP contribution in [0.15, 0.2) is 24.3 Å². The molecule has 16 heavy (non-hydrogen) atoms. The maximum Gasteiger partial charge on any atom is 0.217 e. The lowest BCUT2D eigenvalue weighted by Gasteiger charge is -2.20. The minimum atomic E-state index is -2.95. The van der Waals surface area contributed by atoms with Crippen LogP contribution in [0.25, 0.3) is 0 Å². The first-order chi connectivity index (χ1) is 7.24. The molecule has 0 unspecified atom stereocenters. The molecule has 0 amide bonds. The monoisotopic (exact) mass is 258 g/mol. The molecule has 0 aliphatic carbocycles. The first kappa shape index (κ1) is 13.4. The standard InChI is InChI=1S/C11H18O3SSi/c1-14-16(3,4)11-7-5-10(6-8-11)9-15(2,12)13/h5-8H,9H2,1-4H3. The molecular formula is C11H18O3SSi. The fourth-order valence-corrected chi connectivity index (χ4v) is 3.43. The maximum absolute atomic E-state index is 11.1. The Morgan fingerprint density at radius 1 is 1.19 bits per heavy atom. The summed E-state index contributed by atoms with van der Waals surface area (Å²) in [6.07, 6.45) is 1.24. The summed E-state index contributed by atoms with van der Waals surface area (Å²) in [4.78, 5) is 0. The Balaban J connectivity index is 2.92. The Labute approximate surface area is 98.5 Å². The van der Waals surface area contributed by atoms with Crippen LogP contribution in [0.5, 0.6) is 0 Å². The van der Waals surface area contributed by atoms with Gasteiger partial charge in [-0.2, -0.15) is 0 Å². The van der Waals surface area contributed by atoms with Crippen LogP contribution >= 0.6 is 0 Å². The third-order valence-electron chi connectivity index (χ3n) is 2.59. The van der Waals surface area contributed by atoms with Gasteiger partial charge in [0.05, 0.1) is 5.75 Å². The molecule has 1 aromatic carbocycles. The number of rotatable bonds is 4. The van der Waals surface area contributed by atoms with Crippen LogP contribution in [-0.4, -0.2) is 30.1 Å². The maximum atomic E-state index is 11.1. The van der Waals surface area contributed by atoms with Crippen LogP contribution in [0.4, 0.5) is 0 Å². The molecule has 5 heteroatoms. The third kappa shape index (κ3) is 3.73. The van der Waals surface area contributed by atoms with E-state index in [2.05, 4.69) is 13.1 Å². The van der Waals surface area contributed by atoms with Gasteiger partial charge in [0.25, 0.3) is 0 Å². The number of benzene rings is 1. The highest BCUT2D eigenvalue weighted by atomic mass is 32.2.